The summed E-state index contributed by atoms with van der Waals surface area (Å²) in [5.74, 6) is 0. The summed E-state index contributed by atoms with van der Waals surface area (Å²) >= 11 is 0. The van der Waals surface area contributed by atoms with E-state index in [4.69, 9.17) is 0 Å². The molecule has 0 aliphatic heterocycles. The van der Waals surface area contributed by atoms with Gasteiger partial charge in [-0.3, -0.25) is 10.1 Å². The molecule has 0 spiro atoms. The van der Waals surface area contributed by atoms with E-state index in [9.17, 15) is 14.9 Å². The van der Waals surface area contributed by atoms with Gasteiger partial charge >= 0.3 is 0 Å². The number of carbonyl (C=O) groups excluding carboxylic acids is 1. The average molecular weight is 326 g/mol. The molecular formula is C17H18N4O3. The van der Waals surface area contributed by atoms with Crippen LogP contribution in [0.4, 0.5) is 22.7 Å². The lowest BCUT2D eigenvalue weighted by molar-refractivity contribution is -0.384. The summed E-state index contributed by atoms with van der Waals surface area (Å²) in [5.41, 5.74) is 2.27. The largest absolute Gasteiger partial charge is 0.371 e. The first kappa shape index (κ1) is 17.3. The number of carbonyl (C=O) groups is 1. The minimum absolute atomic E-state index is 0.0216. The number of hydrogen-bond donors (Lipinski definition) is 0. The van der Waals surface area contributed by atoms with Crippen LogP contribution in [-0.2, 0) is 4.79 Å². The smallest absolute Gasteiger partial charge is 0.269 e. The number of benzene rings is 2. The van der Waals surface area contributed by atoms with Crippen molar-refractivity contribution in [1.29, 1.82) is 0 Å². The quantitative estimate of drug-likeness (QED) is 0.311. The van der Waals surface area contributed by atoms with E-state index in [1.165, 1.54) is 12.1 Å². The lowest BCUT2D eigenvalue weighted by Gasteiger charge is -2.21. The van der Waals surface area contributed by atoms with Gasteiger partial charge in [-0.15, -0.1) is 0 Å². The van der Waals surface area contributed by atoms with Crippen LogP contribution in [0.1, 0.15) is 13.3 Å². The third-order valence-electron chi connectivity index (χ3n) is 3.45. The molecule has 0 bridgehead atoms. The molecule has 2 rings (SSSR count). The van der Waals surface area contributed by atoms with Crippen LogP contribution in [0, 0.1) is 10.1 Å². The zero-order valence-corrected chi connectivity index (χ0v) is 13.3. The molecule has 7 heteroatoms. The van der Waals surface area contributed by atoms with Crippen molar-refractivity contribution in [3.8, 4) is 0 Å². The molecule has 0 saturated heterocycles. The fraction of sp³-hybridized carbons (Fsp3) is 0.235. The van der Waals surface area contributed by atoms with Gasteiger partial charge in [-0.25, -0.2) is 0 Å². The van der Waals surface area contributed by atoms with Gasteiger partial charge in [-0.05, 0) is 43.3 Å². The molecule has 0 unspecified atom stereocenters. The third-order valence-corrected chi connectivity index (χ3v) is 3.45. The number of nitro benzene ring substituents is 1. The number of hydrogen-bond acceptors (Lipinski definition) is 6. The molecule has 0 amide bonds. The van der Waals surface area contributed by atoms with Crippen molar-refractivity contribution in [2.45, 2.75) is 13.3 Å². The van der Waals surface area contributed by atoms with Crippen molar-refractivity contribution in [3.05, 3.63) is 58.6 Å². The Balaban J connectivity index is 2.04. The van der Waals surface area contributed by atoms with Gasteiger partial charge in [0.05, 0.1) is 16.3 Å². The highest BCUT2D eigenvalue weighted by molar-refractivity contribution is 5.55. The van der Waals surface area contributed by atoms with Crippen LogP contribution in [0.2, 0.25) is 0 Å². The highest BCUT2D eigenvalue weighted by atomic mass is 16.6. The van der Waals surface area contributed by atoms with Crippen LogP contribution in [0.25, 0.3) is 0 Å². The van der Waals surface area contributed by atoms with Gasteiger partial charge in [0.1, 0.15) is 6.29 Å². The van der Waals surface area contributed by atoms with Gasteiger partial charge in [0, 0.05) is 37.3 Å². The van der Waals surface area contributed by atoms with Crippen LogP contribution in [0.5, 0.6) is 0 Å². The summed E-state index contributed by atoms with van der Waals surface area (Å²) in [6.45, 7) is 3.54. The highest BCUT2D eigenvalue weighted by Crippen LogP contribution is 2.23. The van der Waals surface area contributed by atoms with Crippen molar-refractivity contribution in [2.75, 3.05) is 18.0 Å². The summed E-state index contributed by atoms with van der Waals surface area (Å²) in [5, 5.41) is 18.8. The maximum absolute atomic E-state index is 10.6. The predicted octanol–water partition coefficient (Wildman–Crippen LogP) is 4.43. The predicted molar refractivity (Wildman–Crippen MR) is 92.3 cm³/mol. The lowest BCUT2D eigenvalue weighted by Crippen LogP contribution is -2.23. The fourth-order valence-corrected chi connectivity index (χ4v) is 2.16. The van der Waals surface area contributed by atoms with E-state index < -0.39 is 4.92 Å². The zero-order chi connectivity index (χ0) is 17.4. The number of azo groups is 1. The van der Waals surface area contributed by atoms with E-state index in [-0.39, 0.29) is 5.69 Å². The van der Waals surface area contributed by atoms with Gasteiger partial charge in [0.25, 0.3) is 5.69 Å². The summed E-state index contributed by atoms with van der Waals surface area (Å²) in [6.07, 6.45) is 1.41. The molecular weight excluding hydrogens is 308 g/mol. The van der Waals surface area contributed by atoms with Gasteiger partial charge < -0.3 is 9.69 Å². The minimum Gasteiger partial charge on any atom is -0.371 e. The third kappa shape index (κ3) is 4.70. The number of nitrogens with zero attached hydrogens (tertiary/aromatic N) is 4. The summed E-state index contributed by atoms with van der Waals surface area (Å²) in [6, 6.07) is 13.4. The maximum atomic E-state index is 10.6. The number of rotatable bonds is 8. The molecule has 0 aliphatic carbocycles. The molecule has 0 atom stereocenters. The topological polar surface area (TPSA) is 88.2 Å². The van der Waals surface area contributed by atoms with E-state index in [1.807, 2.05) is 31.2 Å². The Kier molecular flexibility index (Phi) is 6.13. The van der Waals surface area contributed by atoms with Gasteiger partial charge in [0.2, 0.25) is 0 Å². The van der Waals surface area contributed by atoms with Gasteiger partial charge in [-0.1, -0.05) is 0 Å². The van der Waals surface area contributed by atoms with E-state index in [0.717, 1.165) is 18.5 Å². The second kappa shape index (κ2) is 8.52. The molecule has 7 nitrogen and oxygen atoms in total. The van der Waals surface area contributed by atoms with Crippen LogP contribution in [0.3, 0.4) is 0 Å². The Labute approximate surface area is 139 Å². The Morgan fingerprint density at radius 1 is 1.04 bits per heavy atom. The maximum Gasteiger partial charge on any atom is 0.269 e. The highest BCUT2D eigenvalue weighted by Gasteiger charge is 2.04. The second-order valence-electron chi connectivity index (χ2n) is 5.02. The number of aldehydes is 1. The molecule has 2 aromatic rings. The molecule has 0 aromatic heterocycles. The molecule has 124 valence electrons. The van der Waals surface area contributed by atoms with Crippen molar-refractivity contribution in [1.82, 2.24) is 0 Å². The van der Waals surface area contributed by atoms with Crippen molar-refractivity contribution in [3.63, 3.8) is 0 Å². The van der Waals surface area contributed by atoms with E-state index in [1.54, 1.807) is 12.1 Å². The fourth-order valence-electron chi connectivity index (χ4n) is 2.16. The molecule has 0 fully saturated rings. The monoisotopic (exact) mass is 326 g/mol. The number of nitro groups is 1. The van der Waals surface area contributed by atoms with Crippen LogP contribution >= 0.6 is 0 Å². The summed E-state index contributed by atoms with van der Waals surface area (Å²) < 4.78 is 0. The first-order valence-corrected chi connectivity index (χ1v) is 7.59. The zero-order valence-electron chi connectivity index (χ0n) is 13.3. The normalized spacial score (nSPS) is 10.7. The Morgan fingerprint density at radius 2 is 1.58 bits per heavy atom. The molecule has 2 aromatic carbocycles. The summed E-state index contributed by atoms with van der Waals surface area (Å²) in [7, 11) is 0. The lowest BCUT2D eigenvalue weighted by atomic mass is 10.2. The van der Waals surface area contributed by atoms with Gasteiger partial charge in [-0.2, -0.15) is 10.2 Å². The second-order valence-corrected chi connectivity index (χ2v) is 5.02. The number of non-ortho nitro benzene ring substituents is 1. The Morgan fingerprint density at radius 3 is 2.04 bits per heavy atom. The molecule has 0 radical (unpaired) electrons. The molecule has 24 heavy (non-hydrogen) atoms. The number of anilines is 1. The average Bonchev–Trinajstić information content (AvgIpc) is 2.62. The minimum atomic E-state index is -0.455. The molecule has 0 heterocycles. The van der Waals surface area contributed by atoms with Crippen molar-refractivity contribution < 1.29 is 9.72 Å². The molecule has 0 N–H and O–H groups in total. The SMILES string of the molecule is CCN(CCC=O)c1ccc(N=Nc2ccc([N+](=O)[O-])cc2)cc1. The molecule has 0 saturated carbocycles. The Hall–Kier alpha value is -3.09. The van der Waals surface area contributed by atoms with Crippen molar-refractivity contribution in [2.24, 2.45) is 10.2 Å². The summed E-state index contributed by atoms with van der Waals surface area (Å²) in [4.78, 5) is 22.7. The van der Waals surface area contributed by atoms with E-state index in [2.05, 4.69) is 15.1 Å². The molecule has 0 aliphatic rings. The van der Waals surface area contributed by atoms with Crippen LogP contribution in [0.15, 0.2) is 58.8 Å². The Bertz CT molecular complexity index is 712. The van der Waals surface area contributed by atoms with E-state index in [0.29, 0.717) is 24.3 Å². The standard InChI is InChI=1S/C17H18N4O3/c1-2-20(12-3-13-22)16-8-4-14(5-9-16)18-19-15-6-10-17(11-7-15)21(23)24/h4-11,13H,2-3,12H2,1H3. The van der Waals surface area contributed by atoms with Crippen LogP contribution < -0.4 is 4.90 Å². The first-order chi connectivity index (χ1) is 11.6. The van der Waals surface area contributed by atoms with Crippen molar-refractivity contribution >= 4 is 29.0 Å². The van der Waals surface area contributed by atoms with Crippen LogP contribution in [-0.4, -0.2) is 24.3 Å². The first-order valence-electron chi connectivity index (χ1n) is 7.59. The van der Waals surface area contributed by atoms with E-state index >= 15 is 0 Å². The van der Waals surface area contributed by atoms with Gasteiger partial charge in [0.15, 0.2) is 0 Å².